The highest BCUT2D eigenvalue weighted by Crippen LogP contribution is 2.21. The molecule has 3 aromatic rings. The van der Waals surface area contributed by atoms with E-state index in [2.05, 4.69) is 15.1 Å². The summed E-state index contributed by atoms with van der Waals surface area (Å²) in [6.07, 6.45) is 3.61. The summed E-state index contributed by atoms with van der Waals surface area (Å²) in [4.78, 5) is 12.8. The molecule has 0 aliphatic heterocycles. The van der Waals surface area contributed by atoms with Crippen molar-refractivity contribution in [2.45, 2.75) is 31.8 Å². The molecule has 0 atom stereocenters. The predicted molar refractivity (Wildman–Crippen MR) is 111 cm³/mol. The van der Waals surface area contributed by atoms with Crippen molar-refractivity contribution in [1.29, 1.82) is 0 Å². The van der Waals surface area contributed by atoms with Crippen LogP contribution in [0.3, 0.4) is 0 Å². The second kappa shape index (κ2) is 8.59. The molecule has 1 heterocycles. The first-order valence-electron chi connectivity index (χ1n) is 9.19. The predicted octanol–water partition coefficient (Wildman–Crippen LogP) is 2.39. The SMILES string of the molecule is CNS(=O)(=O)c1cc(C(=O)NCc2ccccc2Cn2cccn2)cc(C)c1C. The number of nitrogens with one attached hydrogen (secondary N) is 2. The van der Waals surface area contributed by atoms with Gasteiger partial charge in [0.1, 0.15) is 0 Å². The van der Waals surface area contributed by atoms with E-state index < -0.39 is 10.0 Å². The first-order chi connectivity index (χ1) is 13.8. The lowest BCUT2D eigenvalue weighted by molar-refractivity contribution is 0.0950. The third-order valence-corrected chi connectivity index (χ3v) is 6.43. The zero-order valence-electron chi connectivity index (χ0n) is 16.6. The van der Waals surface area contributed by atoms with Crippen molar-refractivity contribution in [1.82, 2.24) is 19.8 Å². The van der Waals surface area contributed by atoms with Gasteiger partial charge in [0.25, 0.3) is 5.91 Å². The number of carbonyl (C=O) groups excluding carboxylic acids is 1. The van der Waals surface area contributed by atoms with Gasteiger partial charge in [-0.2, -0.15) is 5.10 Å². The lowest BCUT2D eigenvalue weighted by Gasteiger charge is -2.14. The first-order valence-corrected chi connectivity index (χ1v) is 10.7. The summed E-state index contributed by atoms with van der Waals surface area (Å²) < 4.78 is 28.7. The van der Waals surface area contributed by atoms with Crippen molar-refractivity contribution in [2.75, 3.05) is 7.05 Å². The monoisotopic (exact) mass is 412 g/mol. The number of aromatic nitrogens is 2. The fraction of sp³-hybridized carbons (Fsp3) is 0.238. The molecule has 1 amide bonds. The molecule has 8 heteroatoms. The molecule has 0 saturated heterocycles. The van der Waals surface area contributed by atoms with E-state index in [9.17, 15) is 13.2 Å². The molecular weight excluding hydrogens is 388 g/mol. The Bertz CT molecular complexity index is 1120. The van der Waals surface area contributed by atoms with Crippen LogP contribution in [0.25, 0.3) is 0 Å². The minimum absolute atomic E-state index is 0.115. The van der Waals surface area contributed by atoms with Crippen LogP contribution >= 0.6 is 0 Å². The highest BCUT2D eigenvalue weighted by molar-refractivity contribution is 7.89. The molecule has 0 spiro atoms. The standard InChI is InChI=1S/C21H24N4O3S/c1-15-11-19(12-20(16(15)2)29(27,28)22-3)21(26)23-13-17-7-4-5-8-18(17)14-25-10-6-9-24-25/h4-12,22H,13-14H2,1-3H3,(H,23,26). The molecule has 2 N–H and O–H groups in total. The number of nitrogens with zero attached hydrogens (tertiary/aromatic N) is 2. The second-order valence-corrected chi connectivity index (χ2v) is 8.63. The Balaban J connectivity index is 1.80. The lowest BCUT2D eigenvalue weighted by atomic mass is 10.0. The molecule has 0 radical (unpaired) electrons. The molecule has 1 aromatic heterocycles. The molecule has 0 aliphatic rings. The van der Waals surface area contributed by atoms with Gasteiger partial charge < -0.3 is 5.32 Å². The van der Waals surface area contributed by atoms with Gasteiger partial charge >= 0.3 is 0 Å². The number of hydrogen-bond donors (Lipinski definition) is 2. The Labute approximate surface area is 170 Å². The molecule has 2 aromatic carbocycles. The zero-order valence-corrected chi connectivity index (χ0v) is 17.5. The molecular formula is C21H24N4O3S. The Morgan fingerprint density at radius 2 is 1.83 bits per heavy atom. The molecule has 0 saturated carbocycles. The minimum Gasteiger partial charge on any atom is -0.348 e. The van der Waals surface area contributed by atoms with Crippen LogP contribution in [-0.4, -0.2) is 31.2 Å². The molecule has 0 fully saturated rings. The van der Waals surface area contributed by atoms with Crippen molar-refractivity contribution >= 4 is 15.9 Å². The number of hydrogen-bond acceptors (Lipinski definition) is 4. The molecule has 7 nitrogen and oxygen atoms in total. The number of sulfonamides is 1. The van der Waals surface area contributed by atoms with Crippen LogP contribution in [0.5, 0.6) is 0 Å². The Morgan fingerprint density at radius 1 is 1.10 bits per heavy atom. The van der Waals surface area contributed by atoms with Gasteiger partial charge in [0, 0.05) is 24.5 Å². The van der Waals surface area contributed by atoms with Crippen molar-refractivity contribution < 1.29 is 13.2 Å². The van der Waals surface area contributed by atoms with Crippen LogP contribution in [0.1, 0.15) is 32.6 Å². The number of aryl methyl sites for hydroxylation is 1. The van der Waals surface area contributed by atoms with Gasteiger partial charge in [0.2, 0.25) is 10.0 Å². The normalized spacial score (nSPS) is 11.4. The van der Waals surface area contributed by atoms with E-state index in [-0.39, 0.29) is 10.8 Å². The van der Waals surface area contributed by atoms with Crippen LogP contribution in [0.4, 0.5) is 0 Å². The topological polar surface area (TPSA) is 93.1 Å². The van der Waals surface area contributed by atoms with Gasteiger partial charge in [-0.1, -0.05) is 24.3 Å². The third-order valence-electron chi connectivity index (χ3n) is 4.89. The van der Waals surface area contributed by atoms with Crippen molar-refractivity contribution in [2.24, 2.45) is 0 Å². The maximum Gasteiger partial charge on any atom is 0.251 e. The highest BCUT2D eigenvalue weighted by atomic mass is 32.2. The number of carbonyl (C=O) groups is 1. The Morgan fingerprint density at radius 3 is 2.48 bits per heavy atom. The Kier molecular flexibility index (Phi) is 6.14. The summed E-state index contributed by atoms with van der Waals surface area (Å²) in [6, 6.07) is 12.8. The zero-order chi connectivity index (χ0) is 21.0. The summed E-state index contributed by atoms with van der Waals surface area (Å²) in [5.41, 5.74) is 3.70. The van der Waals surface area contributed by atoms with Crippen molar-refractivity contribution in [3.8, 4) is 0 Å². The third kappa shape index (κ3) is 4.72. The lowest BCUT2D eigenvalue weighted by Crippen LogP contribution is -2.25. The van der Waals surface area contributed by atoms with Gasteiger partial charge in [0.05, 0.1) is 11.4 Å². The van der Waals surface area contributed by atoms with E-state index in [1.807, 2.05) is 41.2 Å². The molecule has 0 unspecified atom stereocenters. The van der Waals surface area contributed by atoms with Gasteiger partial charge in [0.15, 0.2) is 0 Å². The van der Waals surface area contributed by atoms with Crippen molar-refractivity contribution in [3.63, 3.8) is 0 Å². The molecule has 152 valence electrons. The molecule has 0 aliphatic carbocycles. The fourth-order valence-corrected chi connectivity index (χ4v) is 4.14. The number of benzene rings is 2. The molecule has 0 bridgehead atoms. The largest absolute Gasteiger partial charge is 0.348 e. The van der Waals surface area contributed by atoms with E-state index in [1.165, 1.54) is 13.1 Å². The summed E-state index contributed by atoms with van der Waals surface area (Å²) in [5, 5.41) is 7.12. The average Bonchev–Trinajstić information content (AvgIpc) is 3.22. The van der Waals surface area contributed by atoms with Crippen LogP contribution in [-0.2, 0) is 23.1 Å². The highest BCUT2D eigenvalue weighted by Gasteiger charge is 2.19. The fourth-order valence-electron chi connectivity index (χ4n) is 3.08. The smallest absolute Gasteiger partial charge is 0.251 e. The number of rotatable bonds is 7. The van der Waals surface area contributed by atoms with E-state index in [0.717, 1.165) is 16.7 Å². The summed E-state index contributed by atoms with van der Waals surface area (Å²) in [5.74, 6) is -0.324. The van der Waals surface area contributed by atoms with Crippen LogP contribution in [0.2, 0.25) is 0 Å². The first kappa shape index (κ1) is 20.8. The van der Waals surface area contributed by atoms with Gasteiger partial charge in [-0.3, -0.25) is 9.48 Å². The maximum atomic E-state index is 12.7. The molecule has 29 heavy (non-hydrogen) atoms. The van der Waals surface area contributed by atoms with E-state index in [0.29, 0.717) is 24.2 Å². The molecule has 3 rings (SSSR count). The quantitative estimate of drug-likeness (QED) is 0.623. The Hall–Kier alpha value is -2.97. The van der Waals surface area contributed by atoms with E-state index >= 15 is 0 Å². The minimum atomic E-state index is -3.65. The van der Waals surface area contributed by atoms with E-state index in [1.54, 1.807) is 26.1 Å². The average molecular weight is 413 g/mol. The summed E-state index contributed by atoms with van der Waals surface area (Å²) in [6.45, 7) is 4.46. The second-order valence-electron chi connectivity index (χ2n) is 6.78. The van der Waals surface area contributed by atoms with Crippen LogP contribution < -0.4 is 10.0 Å². The van der Waals surface area contributed by atoms with Crippen LogP contribution in [0, 0.1) is 13.8 Å². The maximum absolute atomic E-state index is 12.7. The van der Waals surface area contributed by atoms with Crippen LogP contribution in [0.15, 0.2) is 59.8 Å². The van der Waals surface area contributed by atoms with E-state index in [4.69, 9.17) is 0 Å². The number of amides is 1. The van der Waals surface area contributed by atoms with Crippen molar-refractivity contribution in [3.05, 3.63) is 82.7 Å². The van der Waals surface area contributed by atoms with Gasteiger partial charge in [-0.05, 0) is 61.3 Å². The van der Waals surface area contributed by atoms with Gasteiger partial charge in [-0.15, -0.1) is 0 Å². The summed E-state index contributed by atoms with van der Waals surface area (Å²) in [7, 11) is -2.30. The van der Waals surface area contributed by atoms with Gasteiger partial charge in [-0.25, -0.2) is 13.1 Å². The summed E-state index contributed by atoms with van der Waals surface area (Å²) >= 11 is 0.